The zero-order chi connectivity index (χ0) is 19.3. The number of nitriles is 1. The van der Waals surface area contributed by atoms with Crippen molar-refractivity contribution in [1.82, 2.24) is 9.78 Å². The van der Waals surface area contributed by atoms with Crippen LogP contribution in [0.2, 0.25) is 0 Å². The molecule has 0 aliphatic carbocycles. The minimum absolute atomic E-state index is 0.0307. The molecule has 0 N–H and O–H groups in total. The molecule has 0 saturated carbocycles. The molecule has 2 aromatic carbocycles. The molecule has 5 nitrogen and oxygen atoms in total. The van der Waals surface area contributed by atoms with Gasteiger partial charge in [-0.15, -0.1) is 11.3 Å². The maximum atomic E-state index is 12.8. The summed E-state index contributed by atoms with van der Waals surface area (Å²) < 4.78 is 7.18. The molecule has 0 amide bonds. The second-order valence-electron chi connectivity index (χ2n) is 5.99. The van der Waals surface area contributed by atoms with Crippen LogP contribution in [0.25, 0.3) is 16.3 Å². The van der Waals surface area contributed by atoms with Crippen LogP contribution in [0, 0.1) is 11.3 Å². The Morgan fingerprint density at radius 3 is 2.61 bits per heavy atom. The van der Waals surface area contributed by atoms with Gasteiger partial charge in [-0.25, -0.2) is 9.48 Å². The third kappa shape index (κ3) is 3.56. The molecule has 4 rings (SSSR count). The van der Waals surface area contributed by atoms with Crippen LogP contribution in [0.1, 0.15) is 21.5 Å². The molecule has 4 aromatic rings. The number of hydrogen-bond acceptors (Lipinski definition) is 5. The summed E-state index contributed by atoms with van der Waals surface area (Å²) in [6, 6.07) is 22.6. The highest BCUT2D eigenvalue weighted by Gasteiger charge is 2.21. The number of rotatable bonds is 5. The molecule has 0 aliphatic rings. The summed E-state index contributed by atoms with van der Waals surface area (Å²) in [4.78, 5) is 13.7. The van der Waals surface area contributed by atoms with Crippen molar-refractivity contribution in [1.29, 1.82) is 5.26 Å². The lowest BCUT2D eigenvalue weighted by Gasteiger charge is -2.06. The number of carbonyl (C=O) groups is 1. The van der Waals surface area contributed by atoms with Crippen LogP contribution in [-0.4, -0.2) is 15.7 Å². The first-order chi connectivity index (χ1) is 13.8. The summed E-state index contributed by atoms with van der Waals surface area (Å²) in [5.41, 5.74) is 2.99. The number of benzene rings is 2. The molecule has 0 spiro atoms. The van der Waals surface area contributed by atoms with E-state index >= 15 is 0 Å². The number of aromatic nitrogens is 2. The maximum absolute atomic E-state index is 12.8. The highest BCUT2D eigenvalue weighted by molar-refractivity contribution is 7.13. The van der Waals surface area contributed by atoms with Crippen molar-refractivity contribution in [3.05, 3.63) is 95.0 Å². The molecule has 2 heterocycles. The van der Waals surface area contributed by atoms with Gasteiger partial charge >= 0.3 is 5.97 Å². The van der Waals surface area contributed by atoms with E-state index in [1.165, 1.54) is 11.3 Å². The Bertz CT molecular complexity index is 1140. The highest BCUT2D eigenvalue weighted by atomic mass is 32.1. The predicted octanol–water partition coefficient (Wildman–Crippen LogP) is 4.83. The number of thiophene rings is 1. The number of hydrogen-bond donors (Lipinski definition) is 0. The van der Waals surface area contributed by atoms with Gasteiger partial charge in [0.25, 0.3) is 0 Å². The molecule has 0 radical (unpaired) electrons. The van der Waals surface area contributed by atoms with Gasteiger partial charge in [0.05, 0.1) is 22.2 Å². The smallest absolute Gasteiger partial charge is 0.342 e. The van der Waals surface area contributed by atoms with E-state index in [9.17, 15) is 10.1 Å². The van der Waals surface area contributed by atoms with E-state index in [-0.39, 0.29) is 6.61 Å². The second kappa shape index (κ2) is 7.91. The van der Waals surface area contributed by atoms with Gasteiger partial charge < -0.3 is 4.74 Å². The van der Waals surface area contributed by atoms with E-state index in [0.29, 0.717) is 22.4 Å². The first-order valence-electron chi connectivity index (χ1n) is 8.60. The van der Waals surface area contributed by atoms with Crippen molar-refractivity contribution in [3.8, 4) is 22.3 Å². The first-order valence-corrected chi connectivity index (χ1v) is 9.48. The van der Waals surface area contributed by atoms with Gasteiger partial charge in [0, 0.05) is 11.8 Å². The zero-order valence-corrected chi connectivity index (χ0v) is 15.6. The minimum Gasteiger partial charge on any atom is -0.457 e. The van der Waals surface area contributed by atoms with Crippen LogP contribution in [0.4, 0.5) is 0 Å². The number of esters is 1. The lowest BCUT2D eigenvalue weighted by Crippen LogP contribution is -2.06. The van der Waals surface area contributed by atoms with Crippen LogP contribution in [-0.2, 0) is 11.3 Å². The van der Waals surface area contributed by atoms with Crippen molar-refractivity contribution in [2.45, 2.75) is 6.61 Å². The van der Waals surface area contributed by atoms with Crippen LogP contribution in [0.5, 0.6) is 0 Å². The average molecular weight is 385 g/mol. The molecular weight excluding hydrogens is 370 g/mol. The monoisotopic (exact) mass is 385 g/mol. The number of para-hydroxylation sites is 1. The van der Waals surface area contributed by atoms with Crippen molar-refractivity contribution < 1.29 is 9.53 Å². The van der Waals surface area contributed by atoms with Gasteiger partial charge in [-0.3, -0.25) is 0 Å². The Kier molecular flexibility index (Phi) is 5.00. The molecule has 28 heavy (non-hydrogen) atoms. The summed E-state index contributed by atoms with van der Waals surface area (Å²) >= 11 is 1.51. The van der Waals surface area contributed by atoms with Crippen LogP contribution in [0.3, 0.4) is 0 Å². The summed E-state index contributed by atoms with van der Waals surface area (Å²) in [7, 11) is 0. The third-order valence-electron chi connectivity index (χ3n) is 4.21. The molecule has 0 bridgehead atoms. The number of ether oxygens (including phenoxy) is 1. The second-order valence-corrected chi connectivity index (χ2v) is 6.94. The fourth-order valence-corrected chi connectivity index (χ4v) is 3.53. The largest absolute Gasteiger partial charge is 0.457 e. The number of nitrogens with zero attached hydrogens (tertiary/aromatic N) is 3. The standard InChI is InChI=1S/C22H15N3O2S/c23-13-16-7-4-5-8-17(16)15-27-22(26)19-14-25(18-9-2-1-3-10-18)24-21(19)20-11-6-12-28-20/h1-12,14H,15H2. The van der Waals surface area contributed by atoms with Gasteiger partial charge in [-0.05, 0) is 29.6 Å². The fraction of sp³-hybridized carbons (Fsp3) is 0.0455. The molecule has 0 fully saturated rings. The van der Waals surface area contributed by atoms with Crippen molar-refractivity contribution in [2.75, 3.05) is 0 Å². The van der Waals surface area contributed by atoms with Gasteiger partial charge in [-0.1, -0.05) is 42.5 Å². The summed E-state index contributed by atoms with van der Waals surface area (Å²) in [5.74, 6) is -0.474. The highest BCUT2D eigenvalue weighted by Crippen LogP contribution is 2.28. The van der Waals surface area contributed by atoms with E-state index in [2.05, 4.69) is 11.2 Å². The van der Waals surface area contributed by atoms with Crippen molar-refractivity contribution >= 4 is 17.3 Å². The maximum Gasteiger partial charge on any atom is 0.342 e. The molecule has 6 heteroatoms. The van der Waals surface area contributed by atoms with Gasteiger partial charge in [-0.2, -0.15) is 10.4 Å². The summed E-state index contributed by atoms with van der Waals surface area (Å²) in [6.07, 6.45) is 1.68. The fourth-order valence-electron chi connectivity index (χ4n) is 2.81. The Balaban J connectivity index is 1.65. The van der Waals surface area contributed by atoms with E-state index < -0.39 is 5.97 Å². The topological polar surface area (TPSA) is 67.9 Å². The van der Waals surface area contributed by atoms with Crippen molar-refractivity contribution in [3.63, 3.8) is 0 Å². The Labute approximate surface area is 166 Å². The molecule has 0 saturated heterocycles. The average Bonchev–Trinajstić information content (AvgIpc) is 3.42. The van der Waals surface area contributed by atoms with Crippen LogP contribution >= 0.6 is 11.3 Å². The lowest BCUT2D eigenvalue weighted by molar-refractivity contribution is 0.0473. The summed E-state index contributed by atoms with van der Waals surface area (Å²) in [5, 5.41) is 15.7. The quantitative estimate of drug-likeness (QED) is 0.462. The number of carbonyl (C=O) groups excluding carboxylic acids is 1. The van der Waals surface area contributed by atoms with E-state index in [0.717, 1.165) is 10.6 Å². The van der Waals surface area contributed by atoms with Gasteiger partial charge in [0.15, 0.2) is 0 Å². The van der Waals surface area contributed by atoms with Crippen LogP contribution < -0.4 is 0 Å². The molecule has 2 aromatic heterocycles. The van der Waals surface area contributed by atoms with Gasteiger partial charge in [0.2, 0.25) is 0 Å². The molecular formula is C22H15N3O2S. The minimum atomic E-state index is -0.474. The molecule has 0 unspecified atom stereocenters. The summed E-state index contributed by atoms with van der Waals surface area (Å²) in [6.45, 7) is 0.0307. The Morgan fingerprint density at radius 1 is 1.07 bits per heavy atom. The molecule has 0 atom stereocenters. The Hall–Kier alpha value is -3.69. The normalized spacial score (nSPS) is 10.4. The van der Waals surface area contributed by atoms with Gasteiger partial charge in [0.1, 0.15) is 17.9 Å². The predicted molar refractivity (Wildman–Crippen MR) is 107 cm³/mol. The first kappa shape index (κ1) is 17.7. The lowest BCUT2D eigenvalue weighted by atomic mass is 10.1. The third-order valence-corrected chi connectivity index (χ3v) is 5.08. The SMILES string of the molecule is N#Cc1ccccc1COC(=O)c1cn(-c2ccccc2)nc1-c1cccs1. The van der Waals surface area contributed by atoms with Crippen LogP contribution in [0.15, 0.2) is 78.3 Å². The van der Waals surface area contributed by atoms with E-state index in [1.807, 2.05) is 53.9 Å². The van der Waals surface area contributed by atoms with E-state index in [1.54, 1.807) is 29.1 Å². The Morgan fingerprint density at radius 2 is 1.86 bits per heavy atom. The molecule has 0 aliphatic heterocycles. The zero-order valence-electron chi connectivity index (χ0n) is 14.8. The van der Waals surface area contributed by atoms with Crippen molar-refractivity contribution in [2.24, 2.45) is 0 Å². The van der Waals surface area contributed by atoms with E-state index in [4.69, 9.17) is 4.74 Å². The molecule has 136 valence electrons.